The minimum atomic E-state index is -3.38. The van der Waals surface area contributed by atoms with Gasteiger partial charge in [-0.25, -0.2) is 12.7 Å². The minimum absolute atomic E-state index is 0.0365. The van der Waals surface area contributed by atoms with E-state index in [4.69, 9.17) is 0 Å². The van der Waals surface area contributed by atoms with Crippen molar-refractivity contribution in [1.82, 2.24) is 4.31 Å². The highest BCUT2D eigenvalue weighted by Crippen LogP contribution is 2.20. The van der Waals surface area contributed by atoms with Crippen LogP contribution in [0.2, 0.25) is 0 Å². The summed E-state index contributed by atoms with van der Waals surface area (Å²) < 4.78 is 30.0. The van der Waals surface area contributed by atoms with Crippen molar-refractivity contribution in [3.63, 3.8) is 0 Å². The lowest BCUT2D eigenvalue weighted by Gasteiger charge is -2.30. The Hall–Kier alpha value is -0.950. The van der Waals surface area contributed by atoms with Gasteiger partial charge in [0, 0.05) is 25.4 Å². The van der Waals surface area contributed by atoms with Crippen LogP contribution in [0.4, 0.5) is 0 Å². The summed E-state index contributed by atoms with van der Waals surface area (Å²) in [5, 5.41) is 0. The van der Waals surface area contributed by atoms with Crippen LogP contribution in [0.3, 0.4) is 0 Å². The maximum atomic E-state index is 12.1. The number of carbonyl (C=O) groups is 2. The Morgan fingerprint density at radius 1 is 1.37 bits per heavy atom. The lowest BCUT2D eigenvalue weighted by atomic mass is 9.96. The largest absolute Gasteiger partial charge is 0.469 e. The maximum Gasteiger partial charge on any atom is 0.305 e. The fourth-order valence-corrected chi connectivity index (χ4v) is 3.74. The Labute approximate surface area is 114 Å². The number of methoxy groups -OCH3 is 1. The highest BCUT2D eigenvalue weighted by molar-refractivity contribution is 7.89. The Bertz CT molecular complexity index is 431. The molecule has 0 saturated carbocycles. The quantitative estimate of drug-likeness (QED) is 0.668. The monoisotopic (exact) mass is 291 g/mol. The number of Topliss-reactive ketones (excluding diaryl/α,β-unsaturated/α-hetero) is 1. The number of sulfonamides is 1. The van der Waals surface area contributed by atoms with Crippen LogP contribution in [-0.2, 0) is 24.3 Å². The molecule has 7 heteroatoms. The van der Waals surface area contributed by atoms with Crippen molar-refractivity contribution in [2.75, 3.05) is 26.0 Å². The molecule has 1 unspecified atom stereocenters. The highest BCUT2D eigenvalue weighted by Gasteiger charge is 2.30. The standard InChI is InChI=1S/C12H21NO5S/c1-10(14)11-5-3-7-13(9-11)19(16,17)8-4-6-12(15)18-2/h11H,3-9H2,1-2H3. The molecule has 1 aliphatic heterocycles. The van der Waals surface area contributed by atoms with Crippen LogP contribution in [0, 0.1) is 5.92 Å². The first-order valence-electron chi connectivity index (χ1n) is 6.42. The summed E-state index contributed by atoms with van der Waals surface area (Å²) in [4.78, 5) is 22.3. The summed E-state index contributed by atoms with van der Waals surface area (Å²) in [5.74, 6) is -0.638. The van der Waals surface area contributed by atoms with Gasteiger partial charge in [-0.1, -0.05) is 0 Å². The summed E-state index contributed by atoms with van der Waals surface area (Å²) >= 11 is 0. The van der Waals surface area contributed by atoms with Crippen LogP contribution >= 0.6 is 0 Å². The first kappa shape index (κ1) is 16.1. The van der Waals surface area contributed by atoms with E-state index in [1.807, 2.05) is 0 Å². The SMILES string of the molecule is COC(=O)CCCS(=O)(=O)N1CCCC(C(C)=O)C1. The molecule has 1 rings (SSSR count). The van der Waals surface area contributed by atoms with E-state index < -0.39 is 16.0 Å². The minimum Gasteiger partial charge on any atom is -0.469 e. The van der Waals surface area contributed by atoms with Crippen LogP contribution in [0.5, 0.6) is 0 Å². The molecule has 0 aromatic carbocycles. The van der Waals surface area contributed by atoms with E-state index in [-0.39, 0.29) is 36.8 Å². The second kappa shape index (κ2) is 7.00. The molecule has 0 aliphatic carbocycles. The zero-order chi connectivity index (χ0) is 14.5. The molecule has 0 aromatic heterocycles. The van der Waals surface area contributed by atoms with Gasteiger partial charge < -0.3 is 4.74 Å². The first-order valence-corrected chi connectivity index (χ1v) is 8.03. The second-order valence-electron chi connectivity index (χ2n) is 4.80. The van der Waals surface area contributed by atoms with Crippen LogP contribution in [0.15, 0.2) is 0 Å². The van der Waals surface area contributed by atoms with Crippen molar-refractivity contribution in [1.29, 1.82) is 0 Å². The van der Waals surface area contributed by atoms with Crippen molar-refractivity contribution in [3.05, 3.63) is 0 Å². The Morgan fingerprint density at radius 3 is 2.63 bits per heavy atom. The zero-order valence-corrected chi connectivity index (χ0v) is 12.2. The van der Waals surface area contributed by atoms with E-state index in [9.17, 15) is 18.0 Å². The Kier molecular flexibility index (Phi) is 5.93. The van der Waals surface area contributed by atoms with Gasteiger partial charge in [0.25, 0.3) is 0 Å². The molecular formula is C12H21NO5S. The predicted octanol–water partition coefficient (Wildman–Crippen LogP) is 0.570. The van der Waals surface area contributed by atoms with Crippen LogP contribution in [-0.4, -0.2) is 50.4 Å². The van der Waals surface area contributed by atoms with Crippen molar-refractivity contribution in [2.24, 2.45) is 5.92 Å². The highest BCUT2D eigenvalue weighted by atomic mass is 32.2. The number of hydrogen-bond donors (Lipinski definition) is 0. The zero-order valence-electron chi connectivity index (χ0n) is 11.4. The molecule has 110 valence electrons. The summed E-state index contributed by atoms with van der Waals surface area (Å²) in [6.45, 7) is 2.23. The van der Waals surface area contributed by atoms with Crippen molar-refractivity contribution >= 4 is 21.8 Å². The average Bonchev–Trinajstić information content (AvgIpc) is 2.38. The number of rotatable bonds is 6. The molecule has 1 saturated heterocycles. The second-order valence-corrected chi connectivity index (χ2v) is 6.89. The molecule has 0 radical (unpaired) electrons. The van der Waals surface area contributed by atoms with Gasteiger partial charge in [0.05, 0.1) is 12.9 Å². The molecule has 0 bridgehead atoms. The summed E-state index contributed by atoms with van der Waals surface area (Å²) in [5.41, 5.74) is 0. The third-order valence-electron chi connectivity index (χ3n) is 3.36. The van der Waals surface area contributed by atoms with Gasteiger partial charge in [-0.05, 0) is 26.2 Å². The molecule has 1 heterocycles. The van der Waals surface area contributed by atoms with E-state index >= 15 is 0 Å². The van der Waals surface area contributed by atoms with Crippen molar-refractivity contribution < 1.29 is 22.7 Å². The molecule has 0 N–H and O–H groups in total. The summed E-state index contributed by atoms with van der Waals surface area (Å²) in [6.07, 6.45) is 1.81. The van der Waals surface area contributed by atoms with E-state index in [0.29, 0.717) is 13.0 Å². The molecule has 19 heavy (non-hydrogen) atoms. The van der Waals surface area contributed by atoms with Gasteiger partial charge in [0.1, 0.15) is 5.78 Å². The number of hydrogen-bond acceptors (Lipinski definition) is 5. The Morgan fingerprint density at radius 2 is 2.05 bits per heavy atom. The lowest BCUT2D eigenvalue weighted by molar-refractivity contribution is -0.140. The van der Waals surface area contributed by atoms with Crippen molar-refractivity contribution in [2.45, 2.75) is 32.6 Å². The van der Waals surface area contributed by atoms with Gasteiger partial charge in [-0.2, -0.15) is 0 Å². The van der Waals surface area contributed by atoms with Gasteiger partial charge in [0.2, 0.25) is 10.0 Å². The van der Waals surface area contributed by atoms with Crippen molar-refractivity contribution in [3.8, 4) is 0 Å². The topological polar surface area (TPSA) is 80.8 Å². The maximum absolute atomic E-state index is 12.1. The number of esters is 1. The van der Waals surface area contributed by atoms with E-state index in [2.05, 4.69) is 4.74 Å². The third-order valence-corrected chi connectivity index (χ3v) is 5.29. The molecule has 0 spiro atoms. The van der Waals surface area contributed by atoms with Gasteiger partial charge in [-0.15, -0.1) is 0 Å². The van der Waals surface area contributed by atoms with E-state index in [1.54, 1.807) is 0 Å². The van der Waals surface area contributed by atoms with Crippen LogP contribution in [0.1, 0.15) is 32.6 Å². The molecule has 1 atom stereocenters. The third kappa shape index (κ3) is 4.91. The van der Waals surface area contributed by atoms with E-state index in [1.165, 1.54) is 18.3 Å². The van der Waals surface area contributed by atoms with Crippen LogP contribution in [0.25, 0.3) is 0 Å². The predicted molar refractivity (Wildman–Crippen MR) is 70.0 cm³/mol. The fourth-order valence-electron chi connectivity index (χ4n) is 2.16. The van der Waals surface area contributed by atoms with Gasteiger partial charge in [-0.3, -0.25) is 9.59 Å². The summed E-state index contributed by atoms with van der Waals surface area (Å²) in [6, 6.07) is 0. The smallest absolute Gasteiger partial charge is 0.305 e. The number of piperidine rings is 1. The average molecular weight is 291 g/mol. The van der Waals surface area contributed by atoms with E-state index in [0.717, 1.165) is 6.42 Å². The number of ether oxygens (including phenoxy) is 1. The molecule has 1 aliphatic rings. The molecule has 0 amide bonds. The summed E-state index contributed by atoms with van der Waals surface area (Å²) in [7, 11) is -2.10. The molecule has 0 aromatic rings. The molecule has 6 nitrogen and oxygen atoms in total. The lowest BCUT2D eigenvalue weighted by Crippen LogP contribution is -2.42. The number of ketones is 1. The van der Waals surface area contributed by atoms with Gasteiger partial charge >= 0.3 is 5.97 Å². The molecule has 1 fully saturated rings. The van der Waals surface area contributed by atoms with Gasteiger partial charge in [0.15, 0.2) is 0 Å². The molecular weight excluding hydrogens is 270 g/mol. The number of nitrogens with zero attached hydrogens (tertiary/aromatic N) is 1. The normalized spacial score (nSPS) is 21.1. The fraction of sp³-hybridized carbons (Fsp3) is 0.833. The number of carbonyl (C=O) groups excluding carboxylic acids is 2. The van der Waals surface area contributed by atoms with Crippen LogP contribution < -0.4 is 0 Å². The Balaban J connectivity index is 2.52. The first-order chi connectivity index (χ1) is 8.86.